The molecule has 1 atom stereocenters. The minimum Gasteiger partial charge on any atom is -0.296 e. The van der Waals surface area contributed by atoms with E-state index >= 15 is 0 Å². The maximum Gasteiger partial charge on any atom is 0.228 e. The summed E-state index contributed by atoms with van der Waals surface area (Å²) in [5, 5.41) is 0. The summed E-state index contributed by atoms with van der Waals surface area (Å²) in [6.07, 6.45) is 2.30. The summed E-state index contributed by atoms with van der Waals surface area (Å²) in [6.45, 7) is 0.690. The number of hydrogen-bond donors (Lipinski definition) is 0. The number of nitrogens with zero attached hydrogens (tertiary/aromatic N) is 2. The van der Waals surface area contributed by atoms with Gasteiger partial charge in [0.25, 0.3) is 0 Å². The standard InChI is InChI=1S/C10H10ClIN2O/c11-4-7-3-10(15)14(6-7)9-2-1-8(12)5-13-9/h1-2,5,7H,3-4,6H2. The zero-order valence-corrected chi connectivity index (χ0v) is 10.9. The van der Waals surface area contributed by atoms with Gasteiger partial charge in [0.1, 0.15) is 5.82 Å². The highest BCUT2D eigenvalue weighted by Crippen LogP contribution is 2.24. The Morgan fingerprint density at radius 1 is 1.60 bits per heavy atom. The summed E-state index contributed by atoms with van der Waals surface area (Å²) in [7, 11) is 0. The number of hydrogen-bond acceptors (Lipinski definition) is 2. The predicted octanol–water partition coefficient (Wildman–Crippen LogP) is 2.28. The lowest BCUT2D eigenvalue weighted by atomic mass is 10.1. The molecule has 1 aliphatic heterocycles. The van der Waals surface area contributed by atoms with Crippen LogP contribution >= 0.6 is 34.2 Å². The first-order chi connectivity index (χ1) is 7.20. The molecule has 0 aliphatic carbocycles. The van der Waals surface area contributed by atoms with Crippen molar-refractivity contribution in [3.63, 3.8) is 0 Å². The van der Waals surface area contributed by atoms with E-state index in [2.05, 4.69) is 27.6 Å². The first kappa shape index (κ1) is 11.1. The third-order valence-corrected chi connectivity index (χ3v) is 3.49. The highest BCUT2D eigenvalue weighted by Gasteiger charge is 2.30. The van der Waals surface area contributed by atoms with Crippen molar-refractivity contribution in [3.8, 4) is 0 Å². The van der Waals surface area contributed by atoms with Crippen LogP contribution in [0.2, 0.25) is 0 Å². The lowest BCUT2D eigenvalue weighted by Gasteiger charge is -2.14. The molecule has 2 heterocycles. The molecule has 0 spiro atoms. The Balaban J connectivity index is 2.18. The minimum atomic E-state index is 0.120. The van der Waals surface area contributed by atoms with Crippen LogP contribution in [0.15, 0.2) is 18.3 Å². The van der Waals surface area contributed by atoms with E-state index in [0.717, 1.165) is 9.39 Å². The van der Waals surface area contributed by atoms with Crippen LogP contribution in [0.1, 0.15) is 6.42 Å². The van der Waals surface area contributed by atoms with E-state index in [1.54, 1.807) is 11.1 Å². The summed E-state index contributed by atoms with van der Waals surface area (Å²) in [5.41, 5.74) is 0. The molecule has 1 fully saturated rings. The number of anilines is 1. The minimum absolute atomic E-state index is 0.120. The van der Waals surface area contributed by atoms with Gasteiger partial charge in [-0.3, -0.25) is 9.69 Å². The summed E-state index contributed by atoms with van der Waals surface area (Å²) < 4.78 is 1.07. The SMILES string of the molecule is O=C1CC(CCl)CN1c1ccc(I)cn1. The van der Waals surface area contributed by atoms with E-state index in [9.17, 15) is 4.79 Å². The van der Waals surface area contributed by atoms with Crippen molar-refractivity contribution in [3.05, 3.63) is 21.9 Å². The van der Waals surface area contributed by atoms with Gasteiger partial charge in [-0.2, -0.15) is 0 Å². The van der Waals surface area contributed by atoms with Gasteiger partial charge in [0.15, 0.2) is 0 Å². The topological polar surface area (TPSA) is 33.2 Å². The first-order valence-corrected chi connectivity index (χ1v) is 6.30. The quantitative estimate of drug-likeness (QED) is 0.613. The van der Waals surface area contributed by atoms with Gasteiger partial charge in [-0.15, -0.1) is 11.6 Å². The number of alkyl halides is 1. The van der Waals surface area contributed by atoms with E-state index < -0.39 is 0 Å². The zero-order valence-electron chi connectivity index (χ0n) is 7.99. The molecule has 1 unspecified atom stereocenters. The van der Waals surface area contributed by atoms with Gasteiger partial charge in [-0.25, -0.2) is 4.98 Å². The molecule has 0 radical (unpaired) electrons. The second-order valence-corrected chi connectivity index (χ2v) is 5.12. The van der Waals surface area contributed by atoms with Crippen molar-refractivity contribution in [1.29, 1.82) is 0 Å². The van der Waals surface area contributed by atoms with Crippen molar-refractivity contribution < 1.29 is 4.79 Å². The molecule has 1 aromatic rings. The molecule has 2 rings (SSSR count). The number of pyridine rings is 1. The maximum atomic E-state index is 11.7. The van der Waals surface area contributed by atoms with Crippen molar-refractivity contribution in [2.24, 2.45) is 5.92 Å². The highest BCUT2D eigenvalue weighted by molar-refractivity contribution is 14.1. The fraction of sp³-hybridized carbons (Fsp3) is 0.400. The van der Waals surface area contributed by atoms with Crippen LogP contribution in [0.5, 0.6) is 0 Å². The molecule has 1 aromatic heterocycles. The summed E-state index contributed by atoms with van der Waals surface area (Å²) in [4.78, 5) is 17.6. The fourth-order valence-corrected chi connectivity index (χ4v) is 2.16. The second-order valence-electron chi connectivity index (χ2n) is 3.56. The molecule has 0 bridgehead atoms. The lowest BCUT2D eigenvalue weighted by molar-refractivity contribution is -0.117. The van der Waals surface area contributed by atoms with E-state index in [1.807, 2.05) is 12.1 Å². The van der Waals surface area contributed by atoms with Crippen LogP contribution in [-0.2, 0) is 4.79 Å². The molecule has 0 saturated carbocycles. The van der Waals surface area contributed by atoms with Gasteiger partial charge in [0, 0.05) is 28.6 Å². The molecular weight excluding hydrogens is 326 g/mol. The van der Waals surface area contributed by atoms with Crippen molar-refractivity contribution >= 4 is 45.9 Å². The molecular formula is C10H10ClIN2O. The van der Waals surface area contributed by atoms with Gasteiger partial charge in [0.2, 0.25) is 5.91 Å². The van der Waals surface area contributed by atoms with Crippen LogP contribution in [0.25, 0.3) is 0 Å². The third kappa shape index (κ3) is 2.42. The van der Waals surface area contributed by atoms with Gasteiger partial charge < -0.3 is 0 Å². The Morgan fingerprint density at radius 3 is 2.93 bits per heavy atom. The molecule has 0 aromatic carbocycles. The van der Waals surface area contributed by atoms with Crippen LogP contribution in [-0.4, -0.2) is 23.3 Å². The molecule has 1 amide bonds. The monoisotopic (exact) mass is 336 g/mol. The average molecular weight is 337 g/mol. The third-order valence-electron chi connectivity index (χ3n) is 2.41. The van der Waals surface area contributed by atoms with Gasteiger partial charge >= 0.3 is 0 Å². The number of carbonyl (C=O) groups is 1. The van der Waals surface area contributed by atoms with Crippen molar-refractivity contribution in [1.82, 2.24) is 4.98 Å². The molecule has 15 heavy (non-hydrogen) atoms. The van der Waals surface area contributed by atoms with Gasteiger partial charge in [-0.1, -0.05) is 0 Å². The molecule has 0 N–H and O–H groups in total. The Morgan fingerprint density at radius 2 is 2.40 bits per heavy atom. The van der Waals surface area contributed by atoms with Gasteiger partial charge in [-0.05, 0) is 40.6 Å². The van der Waals surface area contributed by atoms with Crippen LogP contribution < -0.4 is 4.90 Å². The van der Waals surface area contributed by atoms with Crippen molar-refractivity contribution in [2.45, 2.75) is 6.42 Å². The van der Waals surface area contributed by atoms with E-state index in [4.69, 9.17) is 11.6 Å². The summed E-state index contributed by atoms with van der Waals surface area (Å²) in [5.74, 6) is 1.65. The maximum absolute atomic E-state index is 11.7. The van der Waals surface area contributed by atoms with E-state index in [-0.39, 0.29) is 11.8 Å². The zero-order chi connectivity index (χ0) is 10.8. The number of carbonyl (C=O) groups excluding carboxylic acids is 1. The molecule has 5 heteroatoms. The summed E-state index contributed by atoms with van der Waals surface area (Å²) >= 11 is 7.94. The predicted molar refractivity (Wildman–Crippen MR) is 68.1 cm³/mol. The lowest BCUT2D eigenvalue weighted by Crippen LogP contribution is -2.25. The Hall–Kier alpha value is -0.360. The number of rotatable bonds is 2. The van der Waals surface area contributed by atoms with E-state index in [0.29, 0.717) is 18.8 Å². The Kier molecular flexibility index (Phi) is 3.45. The number of halogens is 2. The summed E-state index contributed by atoms with van der Waals surface area (Å²) in [6, 6.07) is 3.82. The average Bonchev–Trinajstić information content (AvgIpc) is 2.61. The Labute approximate surface area is 107 Å². The highest BCUT2D eigenvalue weighted by atomic mass is 127. The molecule has 80 valence electrons. The van der Waals surface area contributed by atoms with E-state index in [1.165, 1.54) is 0 Å². The normalized spacial score (nSPS) is 21.1. The molecule has 1 aliphatic rings. The second kappa shape index (κ2) is 4.65. The van der Waals surface area contributed by atoms with Crippen LogP contribution in [0.4, 0.5) is 5.82 Å². The molecule has 1 saturated heterocycles. The Bertz CT molecular complexity index is 368. The van der Waals surface area contributed by atoms with Gasteiger partial charge in [0.05, 0.1) is 0 Å². The van der Waals surface area contributed by atoms with Crippen molar-refractivity contribution in [2.75, 3.05) is 17.3 Å². The smallest absolute Gasteiger partial charge is 0.228 e. The number of amides is 1. The largest absolute Gasteiger partial charge is 0.296 e. The first-order valence-electron chi connectivity index (χ1n) is 4.68. The van der Waals surface area contributed by atoms with Crippen LogP contribution in [0, 0.1) is 9.49 Å². The van der Waals surface area contributed by atoms with Crippen LogP contribution in [0.3, 0.4) is 0 Å². The number of aromatic nitrogens is 1. The fourth-order valence-electron chi connectivity index (χ4n) is 1.63. The molecule has 3 nitrogen and oxygen atoms in total.